The van der Waals surface area contributed by atoms with Crippen LogP contribution in [0.25, 0.3) is 0 Å². The number of rotatable bonds is 1. The largest absolute Gasteiger partial charge is 0.390 e. The van der Waals surface area contributed by atoms with Gasteiger partial charge in [0.15, 0.2) is 0 Å². The van der Waals surface area contributed by atoms with E-state index in [0.717, 1.165) is 0 Å². The van der Waals surface area contributed by atoms with E-state index in [0.29, 0.717) is 16.5 Å². The van der Waals surface area contributed by atoms with E-state index < -0.39 is 0 Å². The van der Waals surface area contributed by atoms with Crippen LogP contribution in [0.3, 0.4) is 0 Å². The summed E-state index contributed by atoms with van der Waals surface area (Å²) in [6, 6.07) is 0. The van der Waals surface area contributed by atoms with Gasteiger partial charge in [-0.2, -0.15) is 0 Å². The Morgan fingerprint density at radius 3 is 2.90 bits per heavy atom. The lowest BCUT2D eigenvalue weighted by atomic mass is 10.3. The summed E-state index contributed by atoms with van der Waals surface area (Å²) >= 11 is 5.51. The molecule has 0 aliphatic heterocycles. The predicted octanol–water partition coefficient (Wildman–Crippen LogP) is 0.931. The first-order chi connectivity index (χ1) is 4.74. The molecule has 0 aliphatic rings. The van der Waals surface area contributed by atoms with Crippen LogP contribution in [0.15, 0.2) is 6.20 Å². The maximum Gasteiger partial charge on any atom is 0.147 e. The van der Waals surface area contributed by atoms with Crippen molar-refractivity contribution in [1.29, 1.82) is 0 Å². The van der Waals surface area contributed by atoms with Gasteiger partial charge in [0.05, 0.1) is 24.2 Å². The minimum atomic E-state index is -0.112. The second-order valence-corrected chi connectivity index (χ2v) is 2.27. The van der Waals surface area contributed by atoms with E-state index >= 15 is 0 Å². The third-order valence-corrected chi connectivity index (χ3v) is 1.36. The molecule has 1 aromatic rings. The average Bonchev–Trinajstić information content (AvgIpc) is 1.94. The Balaban J connectivity index is 3.09. The van der Waals surface area contributed by atoms with Gasteiger partial charge in [-0.3, -0.25) is 4.98 Å². The van der Waals surface area contributed by atoms with Crippen LogP contribution in [-0.4, -0.2) is 15.1 Å². The predicted molar refractivity (Wildman–Crippen MR) is 37.7 cm³/mol. The fourth-order valence-corrected chi connectivity index (χ4v) is 0.764. The minimum Gasteiger partial charge on any atom is -0.390 e. The smallest absolute Gasteiger partial charge is 0.147 e. The standard InChI is InChI=1S/C6H7ClN2O/c1-4-5(3-10)9-6(7)2-8-4/h2,10H,3H2,1H3. The summed E-state index contributed by atoms with van der Waals surface area (Å²) in [5.74, 6) is 0. The van der Waals surface area contributed by atoms with Crippen molar-refractivity contribution in [1.82, 2.24) is 9.97 Å². The molecule has 0 aromatic carbocycles. The normalized spacial score (nSPS) is 9.90. The van der Waals surface area contributed by atoms with Crippen molar-refractivity contribution < 1.29 is 5.11 Å². The number of aryl methyl sites for hydroxylation is 1. The molecule has 0 saturated heterocycles. The van der Waals surface area contributed by atoms with Crippen molar-refractivity contribution in [2.75, 3.05) is 0 Å². The molecule has 0 fully saturated rings. The Labute approximate surface area is 63.7 Å². The molecule has 1 N–H and O–H groups in total. The molecule has 54 valence electrons. The first kappa shape index (κ1) is 7.44. The molecule has 3 nitrogen and oxygen atoms in total. The van der Waals surface area contributed by atoms with E-state index in [4.69, 9.17) is 16.7 Å². The molecular weight excluding hydrogens is 152 g/mol. The Kier molecular flexibility index (Phi) is 2.19. The van der Waals surface area contributed by atoms with Gasteiger partial charge in [-0.25, -0.2) is 4.98 Å². The molecule has 0 radical (unpaired) electrons. The van der Waals surface area contributed by atoms with Crippen LogP contribution in [0.1, 0.15) is 11.4 Å². The lowest BCUT2D eigenvalue weighted by molar-refractivity contribution is 0.275. The molecule has 1 heterocycles. The van der Waals surface area contributed by atoms with Crippen LogP contribution >= 0.6 is 11.6 Å². The summed E-state index contributed by atoms with van der Waals surface area (Å²) in [6.45, 7) is 1.66. The highest BCUT2D eigenvalue weighted by Crippen LogP contribution is 2.06. The highest BCUT2D eigenvalue weighted by molar-refractivity contribution is 6.29. The van der Waals surface area contributed by atoms with Crippen molar-refractivity contribution in [3.05, 3.63) is 22.7 Å². The van der Waals surface area contributed by atoms with Gasteiger partial charge in [0.2, 0.25) is 0 Å². The zero-order valence-corrected chi connectivity index (χ0v) is 6.26. The summed E-state index contributed by atoms with van der Waals surface area (Å²) in [5.41, 5.74) is 1.25. The van der Waals surface area contributed by atoms with E-state index in [-0.39, 0.29) is 6.61 Å². The molecule has 0 amide bonds. The van der Waals surface area contributed by atoms with Gasteiger partial charge in [0.1, 0.15) is 5.15 Å². The number of aromatic nitrogens is 2. The van der Waals surface area contributed by atoms with Crippen LogP contribution in [-0.2, 0) is 6.61 Å². The average molecular weight is 159 g/mol. The third-order valence-electron chi connectivity index (χ3n) is 1.17. The monoisotopic (exact) mass is 158 g/mol. The lowest BCUT2D eigenvalue weighted by Gasteiger charge is -1.98. The summed E-state index contributed by atoms with van der Waals surface area (Å²) in [7, 11) is 0. The maximum absolute atomic E-state index is 8.68. The van der Waals surface area contributed by atoms with E-state index in [2.05, 4.69) is 9.97 Å². The Morgan fingerprint density at radius 1 is 1.70 bits per heavy atom. The second kappa shape index (κ2) is 2.94. The molecule has 1 aromatic heterocycles. The molecular formula is C6H7ClN2O. The number of aliphatic hydroxyl groups excluding tert-OH is 1. The zero-order valence-electron chi connectivity index (χ0n) is 5.50. The van der Waals surface area contributed by atoms with Gasteiger partial charge in [-0.05, 0) is 6.92 Å². The summed E-state index contributed by atoms with van der Waals surface area (Å²) in [4.78, 5) is 7.74. The molecule has 10 heavy (non-hydrogen) atoms. The molecule has 0 bridgehead atoms. The van der Waals surface area contributed by atoms with Crippen LogP contribution in [0.2, 0.25) is 5.15 Å². The maximum atomic E-state index is 8.68. The fraction of sp³-hybridized carbons (Fsp3) is 0.333. The first-order valence-corrected chi connectivity index (χ1v) is 3.20. The lowest BCUT2D eigenvalue weighted by Crippen LogP contribution is -1.96. The SMILES string of the molecule is Cc1ncc(Cl)nc1CO. The molecule has 0 saturated carbocycles. The van der Waals surface area contributed by atoms with Gasteiger partial charge in [0, 0.05) is 0 Å². The van der Waals surface area contributed by atoms with E-state index in [1.807, 2.05) is 0 Å². The number of halogens is 1. The molecule has 4 heteroatoms. The van der Waals surface area contributed by atoms with Crippen LogP contribution in [0, 0.1) is 6.92 Å². The zero-order chi connectivity index (χ0) is 7.56. The van der Waals surface area contributed by atoms with Gasteiger partial charge in [0.25, 0.3) is 0 Å². The Bertz CT molecular complexity index is 239. The van der Waals surface area contributed by atoms with Gasteiger partial charge < -0.3 is 5.11 Å². The van der Waals surface area contributed by atoms with Gasteiger partial charge in [-0.15, -0.1) is 0 Å². The highest BCUT2D eigenvalue weighted by Gasteiger charge is 1.99. The Hall–Kier alpha value is -0.670. The van der Waals surface area contributed by atoms with Crippen LogP contribution < -0.4 is 0 Å². The van der Waals surface area contributed by atoms with Crippen molar-refractivity contribution >= 4 is 11.6 Å². The minimum absolute atomic E-state index is 0.112. The quantitative estimate of drug-likeness (QED) is 0.662. The van der Waals surface area contributed by atoms with E-state index in [1.165, 1.54) is 6.20 Å². The number of aliphatic hydroxyl groups is 1. The van der Waals surface area contributed by atoms with Crippen LogP contribution in [0.5, 0.6) is 0 Å². The summed E-state index contributed by atoms with van der Waals surface area (Å²) in [5, 5.41) is 9.00. The third kappa shape index (κ3) is 1.43. The molecule has 0 unspecified atom stereocenters. The Morgan fingerprint density at radius 2 is 2.40 bits per heavy atom. The number of nitrogens with zero attached hydrogens (tertiary/aromatic N) is 2. The van der Waals surface area contributed by atoms with Crippen molar-refractivity contribution in [2.45, 2.75) is 13.5 Å². The number of hydrogen-bond donors (Lipinski definition) is 1. The van der Waals surface area contributed by atoms with Gasteiger partial charge in [-0.1, -0.05) is 11.6 Å². The topological polar surface area (TPSA) is 46.0 Å². The second-order valence-electron chi connectivity index (χ2n) is 1.88. The summed E-state index contributed by atoms with van der Waals surface area (Å²) < 4.78 is 0. The highest BCUT2D eigenvalue weighted by atomic mass is 35.5. The molecule has 0 spiro atoms. The van der Waals surface area contributed by atoms with Crippen LogP contribution in [0.4, 0.5) is 0 Å². The van der Waals surface area contributed by atoms with Crippen molar-refractivity contribution in [3.8, 4) is 0 Å². The first-order valence-electron chi connectivity index (χ1n) is 2.83. The van der Waals surface area contributed by atoms with Crippen molar-refractivity contribution in [3.63, 3.8) is 0 Å². The van der Waals surface area contributed by atoms with E-state index in [1.54, 1.807) is 6.92 Å². The molecule has 0 atom stereocenters. The van der Waals surface area contributed by atoms with E-state index in [9.17, 15) is 0 Å². The van der Waals surface area contributed by atoms with Crippen molar-refractivity contribution in [2.24, 2.45) is 0 Å². The van der Waals surface area contributed by atoms with Gasteiger partial charge >= 0.3 is 0 Å². The molecule has 1 rings (SSSR count). The summed E-state index contributed by atoms with van der Waals surface area (Å²) in [6.07, 6.45) is 1.45. The number of hydrogen-bond acceptors (Lipinski definition) is 3. The molecule has 0 aliphatic carbocycles. The fourth-order valence-electron chi connectivity index (χ4n) is 0.613.